The molecule has 2 aromatic carbocycles. The summed E-state index contributed by atoms with van der Waals surface area (Å²) in [5, 5.41) is 17.1. The van der Waals surface area contributed by atoms with Gasteiger partial charge < -0.3 is 15.7 Å². The predicted octanol–water partition coefficient (Wildman–Crippen LogP) is 4.41. The van der Waals surface area contributed by atoms with Crippen LogP contribution in [-0.4, -0.2) is 34.7 Å². The predicted molar refractivity (Wildman–Crippen MR) is 132 cm³/mol. The van der Waals surface area contributed by atoms with Crippen LogP contribution in [0.1, 0.15) is 48.1 Å². The minimum absolute atomic E-state index is 0.0442. The summed E-state index contributed by atoms with van der Waals surface area (Å²) in [6, 6.07) is 13.0. The van der Waals surface area contributed by atoms with Crippen molar-refractivity contribution in [2.45, 2.75) is 57.7 Å². The first-order chi connectivity index (χ1) is 16.8. The normalized spacial score (nSPS) is 16.9. The highest BCUT2D eigenvalue weighted by Crippen LogP contribution is 2.33. The molecule has 3 N–H and O–H groups in total. The largest absolute Gasteiger partial charge is 0.390 e. The number of halogens is 2. The highest BCUT2D eigenvalue weighted by molar-refractivity contribution is 5.73. The summed E-state index contributed by atoms with van der Waals surface area (Å²) in [5.74, 6) is -1.69. The molecule has 1 aliphatic carbocycles. The number of nitrogens with one attached hydrogen (secondary N) is 2. The lowest BCUT2D eigenvalue weighted by Crippen LogP contribution is -2.48. The third kappa shape index (κ3) is 6.50. The molecule has 1 amide bonds. The average Bonchev–Trinajstić information content (AvgIpc) is 2.81. The van der Waals surface area contributed by atoms with Crippen LogP contribution in [0.25, 0.3) is 11.3 Å². The molecule has 0 aliphatic heterocycles. The number of pyridine rings is 1. The van der Waals surface area contributed by atoms with Crippen LogP contribution in [0.2, 0.25) is 0 Å². The van der Waals surface area contributed by atoms with Crippen molar-refractivity contribution < 1.29 is 18.7 Å². The van der Waals surface area contributed by atoms with Gasteiger partial charge >= 0.3 is 0 Å². The third-order valence-electron chi connectivity index (χ3n) is 6.48. The van der Waals surface area contributed by atoms with E-state index in [1.54, 1.807) is 0 Å². The van der Waals surface area contributed by atoms with Gasteiger partial charge in [-0.05, 0) is 85.2 Å². The smallest absolute Gasteiger partial charge is 0.217 e. The Labute approximate surface area is 204 Å². The zero-order valence-corrected chi connectivity index (χ0v) is 20.0. The maximum absolute atomic E-state index is 13.6. The molecule has 1 aliphatic rings. The van der Waals surface area contributed by atoms with Gasteiger partial charge in [0.1, 0.15) is 11.6 Å². The number of aryl methyl sites for hydroxylation is 2. The Morgan fingerprint density at radius 3 is 2.63 bits per heavy atom. The summed E-state index contributed by atoms with van der Waals surface area (Å²) in [4.78, 5) is 16.3. The van der Waals surface area contributed by atoms with Crippen LogP contribution in [0.3, 0.4) is 0 Å². The van der Waals surface area contributed by atoms with Crippen molar-refractivity contribution in [3.05, 3.63) is 88.6 Å². The number of carbonyl (C=O) groups excluding carboxylic acids is 1. The second kappa shape index (κ2) is 11.1. The van der Waals surface area contributed by atoms with Gasteiger partial charge in [-0.3, -0.25) is 9.78 Å². The Morgan fingerprint density at radius 1 is 1.14 bits per heavy atom. The van der Waals surface area contributed by atoms with E-state index in [0.29, 0.717) is 5.56 Å². The molecule has 0 bridgehead atoms. The maximum atomic E-state index is 13.6. The minimum atomic E-state index is -0.947. The number of aliphatic hydroxyl groups excluding tert-OH is 1. The van der Waals surface area contributed by atoms with Crippen LogP contribution in [0, 0.1) is 18.6 Å². The van der Waals surface area contributed by atoms with Crippen molar-refractivity contribution >= 4 is 5.91 Å². The van der Waals surface area contributed by atoms with Gasteiger partial charge in [0.2, 0.25) is 5.91 Å². The minimum Gasteiger partial charge on any atom is -0.390 e. The Hall–Kier alpha value is -3.16. The molecule has 1 unspecified atom stereocenters. The summed E-state index contributed by atoms with van der Waals surface area (Å²) in [5.41, 5.74) is 5.95. The van der Waals surface area contributed by atoms with Gasteiger partial charge in [-0.15, -0.1) is 0 Å². The van der Waals surface area contributed by atoms with Crippen LogP contribution < -0.4 is 10.6 Å². The lowest BCUT2D eigenvalue weighted by atomic mass is 9.86. The first-order valence-electron chi connectivity index (χ1n) is 12.0. The molecule has 0 spiro atoms. The van der Waals surface area contributed by atoms with Crippen molar-refractivity contribution in [3.8, 4) is 11.3 Å². The summed E-state index contributed by atoms with van der Waals surface area (Å²) in [6.07, 6.45) is 3.92. The Kier molecular flexibility index (Phi) is 7.88. The van der Waals surface area contributed by atoms with Crippen molar-refractivity contribution in [2.75, 3.05) is 6.54 Å². The topological polar surface area (TPSA) is 74.2 Å². The van der Waals surface area contributed by atoms with Crippen molar-refractivity contribution in [1.82, 2.24) is 15.6 Å². The third-order valence-corrected chi connectivity index (χ3v) is 6.48. The number of aliphatic hydroxyl groups is 1. The van der Waals surface area contributed by atoms with Crippen molar-refractivity contribution in [1.29, 1.82) is 0 Å². The molecular weight excluding hydrogens is 448 g/mol. The number of hydrogen-bond donors (Lipinski definition) is 3. The van der Waals surface area contributed by atoms with E-state index >= 15 is 0 Å². The molecule has 0 radical (unpaired) electrons. The molecule has 184 valence electrons. The standard InChI is InChI=1S/C28H31F2N3O2/c1-17-8-9-31-26(10-17)21-7-6-20-4-3-5-25(24(20)14-21)32-16-28(35)27(33-18(2)34)13-19-11-22(29)15-23(30)12-19/h6-12,14-15,25,27-28,32,35H,3-5,13,16H2,1-2H3,(H,33,34)/t25?,27-,28+/m0/s1. The Morgan fingerprint density at radius 2 is 1.91 bits per heavy atom. The zero-order chi connectivity index (χ0) is 24.9. The number of fused-ring (bicyclic) bond motifs is 1. The summed E-state index contributed by atoms with van der Waals surface area (Å²) < 4.78 is 27.3. The van der Waals surface area contributed by atoms with Gasteiger partial charge in [-0.1, -0.05) is 12.1 Å². The van der Waals surface area contributed by atoms with E-state index in [2.05, 4.69) is 39.9 Å². The lowest BCUT2D eigenvalue weighted by molar-refractivity contribution is -0.120. The second-order valence-electron chi connectivity index (χ2n) is 9.34. The fourth-order valence-corrected chi connectivity index (χ4v) is 4.80. The summed E-state index contributed by atoms with van der Waals surface area (Å²) in [6.45, 7) is 3.62. The fourth-order valence-electron chi connectivity index (χ4n) is 4.80. The van der Waals surface area contributed by atoms with Crippen LogP contribution in [0.15, 0.2) is 54.7 Å². The molecule has 7 heteroatoms. The van der Waals surface area contributed by atoms with E-state index in [9.17, 15) is 18.7 Å². The molecular formula is C28H31F2N3O2. The van der Waals surface area contributed by atoms with Crippen LogP contribution in [0.5, 0.6) is 0 Å². The van der Waals surface area contributed by atoms with Crippen LogP contribution in [0.4, 0.5) is 8.78 Å². The molecule has 4 rings (SSSR count). The highest BCUT2D eigenvalue weighted by atomic mass is 19.1. The highest BCUT2D eigenvalue weighted by Gasteiger charge is 2.25. The first kappa shape index (κ1) is 24.9. The average molecular weight is 480 g/mol. The summed E-state index contributed by atoms with van der Waals surface area (Å²) >= 11 is 0. The molecule has 0 saturated heterocycles. The number of carbonyl (C=O) groups is 1. The van der Waals surface area contributed by atoms with Gasteiger partial charge in [-0.2, -0.15) is 0 Å². The number of benzene rings is 2. The summed E-state index contributed by atoms with van der Waals surface area (Å²) in [7, 11) is 0. The number of rotatable bonds is 8. The molecule has 1 heterocycles. The van der Waals surface area contributed by atoms with Gasteiger partial charge in [0.05, 0.1) is 17.8 Å². The number of nitrogens with zero attached hydrogens (tertiary/aromatic N) is 1. The van der Waals surface area contributed by atoms with Gasteiger partial charge in [-0.25, -0.2) is 8.78 Å². The molecule has 3 atom stereocenters. The van der Waals surface area contributed by atoms with Crippen molar-refractivity contribution in [3.63, 3.8) is 0 Å². The van der Waals surface area contributed by atoms with E-state index in [-0.39, 0.29) is 24.9 Å². The van der Waals surface area contributed by atoms with Crippen LogP contribution >= 0.6 is 0 Å². The molecule has 35 heavy (non-hydrogen) atoms. The Bertz CT molecular complexity index is 1180. The van der Waals surface area contributed by atoms with Gasteiger partial charge in [0.15, 0.2) is 0 Å². The molecule has 0 saturated carbocycles. The zero-order valence-electron chi connectivity index (χ0n) is 20.0. The van der Waals surface area contributed by atoms with Crippen LogP contribution in [-0.2, 0) is 17.6 Å². The van der Waals surface area contributed by atoms with Crippen molar-refractivity contribution in [2.24, 2.45) is 0 Å². The monoisotopic (exact) mass is 479 g/mol. The number of amides is 1. The number of aromatic nitrogens is 1. The first-order valence-corrected chi connectivity index (χ1v) is 12.0. The van der Waals surface area contributed by atoms with Gasteiger partial charge in [0.25, 0.3) is 0 Å². The lowest BCUT2D eigenvalue weighted by Gasteiger charge is -2.30. The van der Waals surface area contributed by atoms with E-state index < -0.39 is 23.8 Å². The SMILES string of the molecule is CC(=O)N[C@@H](Cc1cc(F)cc(F)c1)[C@H](O)CNC1CCCc2ccc(-c3cc(C)ccn3)cc21. The molecule has 0 fully saturated rings. The van der Waals surface area contributed by atoms with E-state index in [1.165, 1.54) is 30.2 Å². The number of hydrogen-bond acceptors (Lipinski definition) is 4. The second-order valence-corrected chi connectivity index (χ2v) is 9.34. The van der Waals surface area contributed by atoms with Gasteiger partial charge in [0, 0.05) is 37.3 Å². The Balaban J connectivity index is 1.49. The molecule has 5 nitrogen and oxygen atoms in total. The molecule has 1 aromatic heterocycles. The fraction of sp³-hybridized carbons (Fsp3) is 0.357. The quantitative estimate of drug-likeness (QED) is 0.448. The van der Waals surface area contributed by atoms with E-state index in [1.807, 2.05) is 19.2 Å². The van der Waals surface area contributed by atoms with E-state index in [4.69, 9.17) is 0 Å². The maximum Gasteiger partial charge on any atom is 0.217 e. The molecule has 3 aromatic rings. The van der Waals surface area contributed by atoms with E-state index in [0.717, 1.165) is 42.1 Å².